The molecule has 1 heterocycles. The highest BCUT2D eigenvalue weighted by Gasteiger charge is 2.60. The fourth-order valence-corrected chi connectivity index (χ4v) is 3.45. The molecule has 1 amide bonds. The van der Waals surface area contributed by atoms with E-state index in [1.165, 1.54) is 11.3 Å². The van der Waals surface area contributed by atoms with Crippen molar-refractivity contribution in [2.45, 2.75) is 55.0 Å². The molecule has 1 N–H and O–H groups in total. The average Bonchev–Trinajstić information content (AvgIpc) is 2.78. The minimum atomic E-state index is 0.0836. The second-order valence-electron chi connectivity index (χ2n) is 8.03. The van der Waals surface area contributed by atoms with E-state index >= 15 is 0 Å². The van der Waals surface area contributed by atoms with Gasteiger partial charge >= 0.3 is 0 Å². The molecule has 1 aromatic heterocycles. The van der Waals surface area contributed by atoms with Gasteiger partial charge in [0.2, 0.25) is 5.91 Å². The topological polar surface area (TPSA) is 46.9 Å². The van der Waals surface area contributed by atoms with Crippen LogP contribution >= 0.6 is 0 Å². The molecule has 1 aliphatic carbocycles. The van der Waals surface area contributed by atoms with Crippen LogP contribution in [0.3, 0.4) is 0 Å². The number of aromatic nitrogens is 2. The minimum absolute atomic E-state index is 0.0836. The smallest absolute Gasteiger partial charge is 0.224 e. The van der Waals surface area contributed by atoms with Crippen molar-refractivity contribution in [1.82, 2.24) is 15.1 Å². The van der Waals surface area contributed by atoms with Gasteiger partial charge < -0.3 is 5.32 Å². The molecule has 1 aliphatic rings. The molecular formula is C19H31N3O. The first-order chi connectivity index (χ1) is 10.6. The number of amides is 1. The van der Waals surface area contributed by atoms with E-state index in [1.54, 1.807) is 0 Å². The number of carbonyl (C=O) groups is 1. The van der Waals surface area contributed by atoms with Crippen LogP contribution in [0.1, 0.15) is 46.0 Å². The predicted molar refractivity (Wildman–Crippen MR) is 94.1 cm³/mol. The SMILES string of the molecule is CC(C)=C[C@@H]1[C@H](C(=O)NC[C@H](C)Cn2nc(C)cc2C)C1(C)C. The van der Waals surface area contributed by atoms with Crippen molar-refractivity contribution in [2.75, 3.05) is 6.54 Å². The lowest BCUT2D eigenvalue weighted by Gasteiger charge is -2.14. The lowest BCUT2D eigenvalue weighted by atomic mass is 10.1. The summed E-state index contributed by atoms with van der Waals surface area (Å²) in [6.07, 6.45) is 2.24. The molecule has 0 radical (unpaired) electrons. The molecule has 1 fully saturated rings. The minimum Gasteiger partial charge on any atom is -0.355 e. The third kappa shape index (κ3) is 4.04. The molecule has 0 unspecified atom stereocenters. The highest BCUT2D eigenvalue weighted by Crippen LogP contribution is 2.59. The Hall–Kier alpha value is -1.58. The van der Waals surface area contributed by atoms with Gasteiger partial charge in [-0.25, -0.2) is 0 Å². The molecule has 4 heteroatoms. The number of aryl methyl sites for hydroxylation is 2. The van der Waals surface area contributed by atoms with Gasteiger partial charge in [0.1, 0.15) is 0 Å². The van der Waals surface area contributed by atoms with Crippen molar-refractivity contribution in [1.29, 1.82) is 0 Å². The highest BCUT2D eigenvalue weighted by molar-refractivity contribution is 5.83. The quantitative estimate of drug-likeness (QED) is 0.816. The molecule has 1 aromatic rings. The van der Waals surface area contributed by atoms with E-state index in [2.05, 4.69) is 64.1 Å². The zero-order chi connectivity index (χ0) is 17.4. The van der Waals surface area contributed by atoms with Crippen LogP contribution in [0.4, 0.5) is 0 Å². The summed E-state index contributed by atoms with van der Waals surface area (Å²) in [5.41, 5.74) is 3.59. The summed E-state index contributed by atoms with van der Waals surface area (Å²) in [4.78, 5) is 12.5. The molecule has 4 nitrogen and oxygen atoms in total. The summed E-state index contributed by atoms with van der Waals surface area (Å²) in [5, 5.41) is 7.63. The Morgan fingerprint density at radius 2 is 2.09 bits per heavy atom. The molecule has 0 bridgehead atoms. The molecule has 1 saturated carbocycles. The molecule has 2 rings (SSSR count). The van der Waals surface area contributed by atoms with Crippen molar-refractivity contribution >= 4 is 5.91 Å². The van der Waals surface area contributed by atoms with E-state index in [-0.39, 0.29) is 17.2 Å². The van der Waals surface area contributed by atoms with E-state index in [0.717, 1.165) is 12.2 Å². The van der Waals surface area contributed by atoms with E-state index < -0.39 is 0 Å². The lowest BCUT2D eigenvalue weighted by molar-refractivity contribution is -0.123. The number of hydrogen-bond acceptors (Lipinski definition) is 2. The highest BCUT2D eigenvalue weighted by atomic mass is 16.2. The third-order valence-electron chi connectivity index (χ3n) is 4.92. The van der Waals surface area contributed by atoms with Gasteiger partial charge in [-0.3, -0.25) is 9.48 Å². The van der Waals surface area contributed by atoms with Crippen LogP contribution in [0.5, 0.6) is 0 Å². The summed E-state index contributed by atoms with van der Waals surface area (Å²) in [6.45, 7) is 16.3. The van der Waals surface area contributed by atoms with Gasteiger partial charge in [0, 0.05) is 18.8 Å². The molecule has 0 aromatic carbocycles. The van der Waals surface area contributed by atoms with Crippen LogP contribution in [0.25, 0.3) is 0 Å². The Morgan fingerprint density at radius 1 is 1.43 bits per heavy atom. The summed E-state index contributed by atoms with van der Waals surface area (Å²) in [6, 6.07) is 2.09. The van der Waals surface area contributed by atoms with Gasteiger partial charge in [0.15, 0.2) is 0 Å². The number of rotatable bonds is 6. The fourth-order valence-electron chi connectivity index (χ4n) is 3.45. The predicted octanol–water partition coefficient (Wildman–Crippen LogP) is 3.49. The third-order valence-corrected chi connectivity index (χ3v) is 4.92. The first kappa shape index (κ1) is 17.8. The van der Waals surface area contributed by atoms with Crippen LogP contribution in [-0.4, -0.2) is 22.2 Å². The zero-order valence-electron chi connectivity index (χ0n) is 15.6. The van der Waals surface area contributed by atoms with E-state index in [9.17, 15) is 4.79 Å². The Labute approximate surface area is 140 Å². The maximum Gasteiger partial charge on any atom is 0.224 e. The molecule has 0 spiro atoms. The second-order valence-corrected chi connectivity index (χ2v) is 8.03. The average molecular weight is 317 g/mol. The first-order valence-corrected chi connectivity index (χ1v) is 8.56. The Balaban J connectivity index is 1.85. The first-order valence-electron chi connectivity index (χ1n) is 8.56. The fraction of sp³-hybridized carbons (Fsp3) is 0.684. The van der Waals surface area contributed by atoms with Gasteiger partial charge in [0.05, 0.1) is 11.6 Å². The van der Waals surface area contributed by atoms with Gasteiger partial charge in [-0.2, -0.15) is 5.10 Å². The summed E-state index contributed by atoms with van der Waals surface area (Å²) < 4.78 is 2.03. The van der Waals surface area contributed by atoms with Crippen molar-refractivity contribution in [3.8, 4) is 0 Å². The van der Waals surface area contributed by atoms with E-state index in [4.69, 9.17) is 0 Å². The van der Waals surface area contributed by atoms with Crippen LogP contribution in [0, 0.1) is 37.0 Å². The Bertz CT molecular complexity index is 608. The standard InChI is InChI=1S/C19H31N3O/c1-12(2)8-16-17(19(16,6)7)18(23)20-10-13(3)11-22-15(5)9-14(4)21-22/h8-9,13,16-17H,10-11H2,1-7H3,(H,20,23)/t13-,16+,17+/m0/s1. The van der Waals surface area contributed by atoms with Crippen LogP contribution in [0.2, 0.25) is 0 Å². The van der Waals surface area contributed by atoms with Crippen LogP contribution < -0.4 is 5.32 Å². The van der Waals surface area contributed by atoms with Gasteiger partial charge in [0.25, 0.3) is 0 Å². The number of allylic oxidation sites excluding steroid dienone is 2. The zero-order valence-corrected chi connectivity index (χ0v) is 15.6. The van der Waals surface area contributed by atoms with Crippen LogP contribution in [0.15, 0.2) is 17.7 Å². The molecule has 0 saturated heterocycles. The second kappa shape index (κ2) is 6.50. The number of hydrogen-bond donors (Lipinski definition) is 1. The van der Waals surface area contributed by atoms with Gasteiger partial charge in [-0.05, 0) is 51.0 Å². The molecular weight excluding hydrogens is 286 g/mol. The normalized spacial score (nSPS) is 23.3. The van der Waals surface area contributed by atoms with Gasteiger partial charge in [-0.1, -0.05) is 32.4 Å². The Morgan fingerprint density at radius 3 is 2.61 bits per heavy atom. The van der Waals surface area contributed by atoms with Crippen molar-refractivity contribution in [2.24, 2.45) is 23.2 Å². The van der Waals surface area contributed by atoms with E-state index in [1.807, 2.05) is 11.6 Å². The molecule has 0 aliphatic heterocycles. The Kier molecular flexibility index (Phi) is 5.02. The summed E-state index contributed by atoms with van der Waals surface area (Å²) >= 11 is 0. The van der Waals surface area contributed by atoms with Crippen molar-refractivity contribution in [3.05, 3.63) is 29.1 Å². The van der Waals surface area contributed by atoms with Crippen LogP contribution in [-0.2, 0) is 11.3 Å². The van der Waals surface area contributed by atoms with E-state index in [0.29, 0.717) is 18.4 Å². The van der Waals surface area contributed by atoms with Crippen molar-refractivity contribution < 1.29 is 4.79 Å². The lowest BCUT2D eigenvalue weighted by Crippen LogP contribution is -2.32. The summed E-state index contributed by atoms with van der Waals surface area (Å²) in [5.74, 6) is 1.04. The molecule has 128 valence electrons. The maximum atomic E-state index is 12.5. The maximum absolute atomic E-state index is 12.5. The number of nitrogens with zero attached hydrogens (tertiary/aromatic N) is 2. The molecule has 3 atom stereocenters. The molecule has 23 heavy (non-hydrogen) atoms. The monoisotopic (exact) mass is 317 g/mol. The van der Waals surface area contributed by atoms with Crippen molar-refractivity contribution in [3.63, 3.8) is 0 Å². The number of carbonyl (C=O) groups excluding carboxylic acids is 1. The largest absolute Gasteiger partial charge is 0.355 e. The van der Waals surface area contributed by atoms with Gasteiger partial charge in [-0.15, -0.1) is 0 Å². The number of nitrogens with one attached hydrogen (secondary N) is 1. The summed E-state index contributed by atoms with van der Waals surface area (Å²) in [7, 11) is 0.